The van der Waals surface area contributed by atoms with Crippen molar-refractivity contribution < 1.29 is 4.79 Å². The number of nitrogens with zero attached hydrogens (tertiary/aromatic N) is 2. The molecule has 0 amide bonds. The zero-order chi connectivity index (χ0) is 19.1. The SMILES string of the molecule is CCC(C=O)n1c(NCc2c[nH]c3c4c(ccc23)CCC4)nc2ccccc21. The lowest BCUT2D eigenvalue weighted by Gasteiger charge is -2.15. The normalized spacial score (nSPS) is 14.5. The first-order valence-corrected chi connectivity index (χ1v) is 10.1. The molecule has 1 aliphatic carbocycles. The average molecular weight is 372 g/mol. The van der Waals surface area contributed by atoms with Gasteiger partial charge in [0.2, 0.25) is 5.95 Å². The Morgan fingerprint density at radius 1 is 1.25 bits per heavy atom. The van der Waals surface area contributed by atoms with Crippen LogP contribution < -0.4 is 5.32 Å². The van der Waals surface area contributed by atoms with Gasteiger partial charge in [-0.05, 0) is 54.5 Å². The molecule has 1 aliphatic rings. The fourth-order valence-electron chi connectivity index (χ4n) is 4.50. The maximum atomic E-state index is 11.7. The van der Waals surface area contributed by atoms with Crippen molar-refractivity contribution in [1.29, 1.82) is 0 Å². The molecule has 142 valence electrons. The van der Waals surface area contributed by atoms with E-state index in [0.29, 0.717) is 6.54 Å². The van der Waals surface area contributed by atoms with E-state index in [4.69, 9.17) is 4.98 Å². The topological polar surface area (TPSA) is 62.7 Å². The number of aromatic amines is 1. The quantitative estimate of drug-likeness (QED) is 0.479. The number of aryl methyl sites for hydroxylation is 2. The highest BCUT2D eigenvalue weighted by atomic mass is 16.1. The van der Waals surface area contributed by atoms with E-state index in [1.807, 2.05) is 35.8 Å². The van der Waals surface area contributed by atoms with Crippen LogP contribution in [0.2, 0.25) is 0 Å². The Labute approximate surface area is 163 Å². The number of aldehydes is 1. The van der Waals surface area contributed by atoms with E-state index < -0.39 is 0 Å². The molecule has 4 aromatic rings. The van der Waals surface area contributed by atoms with Gasteiger partial charge in [-0.1, -0.05) is 31.2 Å². The summed E-state index contributed by atoms with van der Waals surface area (Å²) >= 11 is 0. The summed E-state index contributed by atoms with van der Waals surface area (Å²) in [6, 6.07) is 12.3. The van der Waals surface area contributed by atoms with Crippen molar-refractivity contribution in [2.24, 2.45) is 0 Å². The Kier molecular flexibility index (Phi) is 4.15. The molecule has 1 unspecified atom stereocenters. The molecule has 0 saturated heterocycles. The number of nitrogens with one attached hydrogen (secondary N) is 2. The van der Waals surface area contributed by atoms with Crippen LogP contribution in [0.5, 0.6) is 0 Å². The van der Waals surface area contributed by atoms with Gasteiger partial charge in [-0.2, -0.15) is 0 Å². The standard InChI is InChI=1S/C23H24N4O/c1-2-17(14-28)27-21-9-4-3-8-20(21)26-23(27)25-13-16-12-24-22-18-7-5-6-15(18)10-11-19(16)22/h3-4,8-12,14,17,24H,2,5-7,13H2,1H3,(H,25,26). The van der Waals surface area contributed by atoms with E-state index in [1.165, 1.54) is 40.4 Å². The zero-order valence-electron chi connectivity index (χ0n) is 16.0. The minimum atomic E-state index is -0.221. The van der Waals surface area contributed by atoms with Gasteiger partial charge in [-0.15, -0.1) is 0 Å². The van der Waals surface area contributed by atoms with E-state index in [2.05, 4.69) is 28.6 Å². The van der Waals surface area contributed by atoms with Crippen LogP contribution in [-0.2, 0) is 24.2 Å². The largest absolute Gasteiger partial charge is 0.361 e. The molecule has 0 radical (unpaired) electrons. The van der Waals surface area contributed by atoms with Gasteiger partial charge < -0.3 is 19.7 Å². The number of rotatable bonds is 6. The molecule has 2 heterocycles. The van der Waals surface area contributed by atoms with Crippen LogP contribution in [0.15, 0.2) is 42.6 Å². The summed E-state index contributed by atoms with van der Waals surface area (Å²) in [4.78, 5) is 19.9. The van der Waals surface area contributed by atoms with E-state index in [-0.39, 0.29) is 6.04 Å². The Balaban J connectivity index is 1.50. The summed E-state index contributed by atoms with van der Waals surface area (Å²) in [5.41, 5.74) is 7.35. The minimum Gasteiger partial charge on any atom is -0.361 e. The molecule has 0 fully saturated rings. The molecule has 0 spiro atoms. The van der Waals surface area contributed by atoms with Crippen molar-refractivity contribution >= 4 is 34.2 Å². The molecule has 0 bridgehead atoms. The van der Waals surface area contributed by atoms with Gasteiger partial charge in [0.1, 0.15) is 6.29 Å². The van der Waals surface area contributed by atoms with Gasteiger partial charge in [-0.3, -0.25) is 0 Å². The van der Waals surface area contributed by atoms with Crippen LogP contribution in [0, 0.1) is 0 Å². The smallest absolute Gasteiger partial charge is 0.204 e. The van der Waals surface area contributed by atoms with E-state index in [9.17, 15) is 4.79 Å². The molecule has 2 aromatic carbocycles. The Hall–Kier alpha value is -3.08. The van der Waals surface area contributed by atoms with Crippen molar-refractivity contribution in [2.75, 3.05) is 5.32 Å². The summed E-state index contributed by atoms with van der Waals surface area (Å²) in [7, 11) is 0. The third-order valence-electron chi connectivity index (χ3n) is 5.96. The van der Waals surface area contributed by atoms with Gasteiger partial charge in [0.05, 0.1) is 17.1 Å². The molecule has 1 atom stereocenters. The predicted octanol–water partition coefficient (Wildman–Crippen LogP) is 4.77. The number of hydrogen-bond acceptors (Lipinski definition) is 3. The summed E-state index contributed by atoms with van der Waals surface area (Å²) in [5.74, 6) is 0.746. The highest BCUT2D eigenvalue weighted by Gasteiger charge is 2.19. The summed E-state index contributed by atoms with van der Waals surface area (Å²) in [5, 5.41) is 4.76. The van der Waals surface area contributed by atoms with Crippen molar-refractivity contribution in [1.82, 2.24) is 14.5 Å². The van der Waals surface area contributed by atoms with Crippen LogP contribution in [-0.4, -0.2) is 20.8 Å². The number of carbonyl (C=O) groups is 1. The summed E-state index contributed by atoms with van der Waals surface area (Å²) in [6.07, 6.45) is 7.43. The van der Waals surface area contributed by atoms with Crippen molar-refractivity contribution in [3.05, 3.63) is 59.3 Å². The molecular formula is C23H24N4O. The van der Waals surface area contributed by atoms with Crippen molar-refractivity contribution in [3.8, 4) is 0 Å². The molecule has 28 heavy (non-hydrogen) atoms. The zero-order valence-corrected chi connectivity index (χ0v) is 16.0. The predicted molar refractivity (Wildman–Crippen MR) is 113 cm³/mol. The van der Waals surface area contributed by atoms with Crippen LogP contribution in [0.1, 0.15) is 42.5 Å². The second-order valence-corrected chi connectivity index (χ2v) is 7.55. The molecule has 2 aromatic heterocycles. The molecule has 2 N–H and O–H groups in total. The van der Waals surface area contributed by atoms with Crippen LogP contribution in [0.4, 0.5) is 5.95 Å². The average Bonchev–Trinajstić information content (AvgIpc) is 3.44. The van der Waals surface area contributed by atoms with Gasteiger partial charge >= 0.3 is 0 Å². The number of aromatic nitrogens is 3. The number of H-pyrrole nitrogens is 1. The minimum absolute atomic E-state index is 0.221. The molecular weight excluding hydrogens is 348 g/mol. The van der Waals surface area contributed by atoms with Crippen LogP contribution in [0.3, 0.4) is 0 Å². The number of hydrogen-bond donors (Lipinski definition) is 2. The van der Waals surface area contributed by atoms with Crippen molar-refractivity contribution in [3.63, 3.8) is 0 Å². The number of anilines is 1. The lowest BCUT2D eigenvalue weighted by molar-refractivity contribution is -0.110. The van der Waals surface area contributed by atoms with Gasteiger partial charge in [0, 0.05) is 23.6 Å². The molecule has 0 aliphatic heterocycles. The summed E-state index contributed by atoms with van der Waals surface area (Å²) < 4.78 is 2.02. The lowest BCUT2D eigenvalue weighted by atomic mass is 10.0. The van der Waals surface area contributed by atoms with Crippen LogP contribution >= 0.6 is 0 Å². The first kappa shape index (κ1) is 17.0. The number of fused-ring (bicyclic) bond motifs is 4. The van der Waals surface area contributed by atoms with Gasteiger partial charge in [0.15, 0.2) is 0 Å². The van der Waals surface area contributed by atoms with Crippen LogP contribution in [0.25, 0.3) is 21.9 Å². The van der Waals surface area contributed by atoms with E-state index in [0.717, 1.165) is 36.1 Å². The fraction of sp³-hybridized carbons (Fsp3) is 0.304. The maximum absolute atomic E-state index is 11.7. The van der Waals surface area contributed by atoms with E-state index in [1.54, 1.807) is 0 Å². The number of carbonyl (C=O) groups excluding carboxylic acids is 1. The lowest BCUT2D eigenvalue weighted by Crippen LogP contribution is -2.14. The Bertz CT molecular complexity index is 1170. The molecule has 5 heteroatoms. The number of benzene rings is 2. The number of para-hydroxylation sites is 2. The maximum Gasteiger partial charge on any atom is 0.204 e. The summed E-state index contributed by atoms with van der Waals surface area (Å²) in [6.45, 7) is 2.69. The highest BCUT2D eigenvalue weighted by Crippen LogP contribution is 2.31. The third kappa shape index (κ3) is 2.61. The Morgan fingerprint density at radius 3 is 3.00 bits per heavy atom. The Morgan fingerprint density at radius 2 is 2.14 bits per heavy atom. The first-order valence-electron chi connectivity index (χ1n) is 10.1. The van der Waals surface area contributed by atoms with E-state index >= 15 is 0 Å². The van der Waals surface area contributed by atoms with Gasteiger partial charge in [-0.25, -0.2) is 4.98 Å². The number of imidazole rings is 1. The van der Waals surface area contributed by atoms with Gasteiger partial charge in [0.25, 0.3) is 0 Å². The first-order chi connectivity index (χ1) is 13.8. The molecule has 0 saturated carbocycles. The fourth-order valence-corrected chi connectivity index (χ4v) is 4.50. The third-order valence-corrected chi connectivity index (χ3v) is 5.96. The van der Waals surface area contributed by atoms with Crippen molar-refractivity contribution in [2.45, 2.75) is 45.2 Å². The second kappa shape index (κ2) is 6.82. The highest BCUT2D eigenvalue weighted by molar-refractivity contribution is 5.88. The monoisotopic (exact) mass is 372 g/mol. The molecule has 5 rings (SSSR count). The molecule has 5 nitrogen and oxygen atoms in total. The second-order valence-electron chi connectivity index (χ2n) is 7.55.